The fourth-order valence-electron chi connectivity index (χ4n) is 2.09. The van der Waals surface area contributed by atoms with Crippen molar-refractivity contribution in [3.63, 3.8) is 0 Å². The Morgan fingerprint density at radius 1 is 0.778 bits per heavy atom. The third kappa shape index (κ3) is 2.62. The van der Waals surface area contributed by atoms with Crippen LogP contribution in [0.2, 0.25) is 0 Å². The van der Waals surface area contributed by atoms with Gasteiger partial charge in [-0.2, -0.15) is 0 Å². The second-order valence-corrected chi connectivity index (χ2v) is 4.79. The Bertz CT molecular complexity index is 508. The maximum absolute atomic E-state index is 9.37. The molecule has 2 rings (SSSR count). The highest BCUT2D eigenvalue weighted by Crippen LogP contribution is 2.28. The molecular formula is C17H18O. The molecule has 0 aliphatic heterocycles. The summed E-state index contributed by atoms with van der Waals surface area (Å²) in [6.07, 6.45) is 0. The van der Waals surface area contributed by atoms with Crippen molar-refractivity contribution < 1.29 is 5.11 Å². The molecule has 0 saturated heterocycles. The van der Waals surface area contributed by atoms with Gasteiger partial charge in [0.05, 0.1) is 0 Å². The van der Waals surface area contributed by atoms with Gasteiger partial charge in [0.2, 0.25) is 0 Å². The average Bonchev–Trinajstić information content (AvgIpc) is 2.34. The molecule has 18 heavy (non-hydrogen) atoms. The van der Waals surface area contributed by atoms with Crippen molar-refractivity contribution in [2.75, 3.05) is 0 Å². The molecule has 1 heteroatoms. The van der Waals surface area contributed by atoms with Crippen molar-refractivity contribution >= 4 is 5.57 Å². The number of rotatable bonds is 2. The number of benzene rings is 2. The molecule has 2 aromatic carbocycles. The van der Waals surface area contributed by atoms with Crippen LogP contribution in [0, 0.1) is 6.92 Å². The first-order chi connectivity index (χ1) is 8.58. The molecule has 0 aliphatic rings. The number of aryl methyl sites for hydroxylation is 1. The molecule has 0 saturated carbocycles. The van der Waals surface area contributed by atoms with Gasteiger partial charge in [-0.15, -0.1) is 0 Å². The molecule has 2 aromatic rings. The predicted molar refractivity (Wildman–Crippen MR) is 76.7 cm³/mol. The van der Waals surface area contributed by atoms with E-state index in [4.69, 9.17) is 0 Å². The molecule has 92 valence electrons. The minimum atomic E-state index is 0.302. The van der Waals surface area contributed by atoms with E-state index in [0.29, 0.717) is 5.75 Å². The maximum atomic E-state index is 9.37. The van der Waals surface area contributed by atoms with Crippen molar-refractivity contribution in [1.82, 2.24) is 0 Å². The van der Waals surface area contributed by atoms with Crippen LogP contribution in [-0.2, 0) is 0 Å². The molecule has 0 atom stereocenters. The summed E-state index contributed by atoms with van der Waals surface area (Å²) >= 11 is 0. The van der Waals surface area contributed by atoms with Crippen molar-refractivity contribution in [3.8, 4) is 5.75 Å². The van der Waals surface area contributed by atoms with Crippen LogP contribution in [0.5, 0.6) is 5.75 Å². The van der Waals surface area contributed by atoms with Crippen LogP contribution < -0.4 is 0 Å². The highest BCUT2D eigenvalue weighted by molar-refractivity contribution is 5.81. The Hall–Kier alpha value is -2.02. The zero-order chi connectivity index (χ0) is 13.1. The van der Waals surface area contributed by atoms with E-state index < -0.39 is 0 Å². The average molecular weight is 238 g/mol. The van der Waals surface area contributed by atoms with E-state index in [-0.39, 0.29) is 0 Å². The lowest BCUT2D eigenvalue weighted by Crippen LogP contribution is -1.90. The Morgan fingerprint density at radius 2 is 1.22 bits per heavy atom. The van der Waals surface area contributed by atoms with Crippen LogP contribution in [-0.4, -0.2) is 5.11 Å². The van der Waals surface area contributed by atoms with Crippen molar-refractivity contribution in [3.05, 3.63) is 70.8 Å². The molecule has 0 radical (unpaired) electrons. The summed E-state index contributed by atoms with van der Waals surface area (Å²) in [5.41, 5.74) is 6.11. The normalized spacial score (nSPS) is 10.2. The fourth-order valence-corrected chi connectivity index (χ4v) is 2.09. The minimum absolute atomic E-state index is 0.302. The second-order valence-electron chi connectivity index (χ2n) is 4.79. The SMILES string of the molecule is CC(C)=C(c1ccc(C)cc1)c1ccc(O)cc1. The minimum Gasteiger partial charge on any atom is -0.508 e. The highest BCUT2D eigenvalue weighted by Gasteiger charge is 2.06. The molecule has 0 heterocycles. The summed E-state index contributed by atoms with van der Waals surface area (Å²) in [5, 5.41) is 9.37. The zero-order valence-electron chi connectivity index (χ0n) is 11.1. The number of hydrogen-bond donors (Lipinski definition) is 1. The van der Waals surface area contributed by atoms with E-state index in [0.717, 1.165) is 5.56 Å². The summed E-state index contributed by atoms with van der Waals surface area (Å²) < 4.78 is 0. The summed E-state index contributed by atoms with van der Waals surface area (Å²) in [4.78, 5) is 0. The van der Waals surface area contributed by atoms with Crippen molar-refractivity contribution in [2.45, 2.75) is 20.8 Å². The summed E-state index contributed by atoms with van der Waals surface area (Å²) in [5.74, 6) is 0.302. The van der Waals surface area contributed by atoms with Crippen LogP contribution in [0.15, 0.2) is 54.1 Å². The number of phenolic OH excluding ortho intramolecular Hbond substituents is 1. The van der Waals surface area contributed by atoms with Gasteiger partial charge in [0.1, 0.15) is 5.75 Å². The zero-order valence-corrected chi connectivity index (χ0v) is 11.1. The topological polar surface area (TPSA) is 20.2 Å². The van der Waals surface area contributed by atoms with Gasteiger partial charge in [-0.3, -0.25) is 0 Å². The van der Waals surface area contributed by atoms with Gasteiger partial charge in [0.25, 0.3) is 0 Å². The Balaban J connectivity index is 2.51. The predicted octanol–water partition coefficient (Wildman–Crippen LogP) is 4.54. The lowest BCUT2D eigenvalue weighted by atomic mass is 9.93. The number of aromatic hydroxyl groups is 1. The van der Waals surface area contributed by atoms with E-state index in [9.17, 15) is 5.11 Å². The van der Waals surface area contributed by atoms with Gasteiger partial charge >= 0.3 is 0 Å². The lowest BCUT2D eigenvalue weighted by Gasteiger charge is -2.11. The van der Waals surface area contributed by atoms with Gasteiger partial charge < -0.3 is 5.11 Å². The molecule has 0 spiro atoms. The van der Waals surface area contributed by atoms with E-state index in [1.165, 1.54) is 22.3 Å². The Kier molecular flexibility index (Phi) is 3.52. The third-order valence-electron chi connectivity index (χ3n) is 3.00. The molecule has 0 fully saturated rings. The van der Waals surface area contributed by atoms with Gasteiger partial charge in [0, 0.05) is 0 Å². The number of allylic oxidation sites excluding steroid dienone is 1. The van der Waals surface area contributed by atoms with Gasteiger partial charge in [0.15, 0.2) is 0 Å². The first-order valence-corrected chi connectivity index (χ1v) is 6.12. The summed E-state index contributed by atoms with van der Waals surface area (Å²) in [6.45, 7) is 6.32. The molecule has 0 aromatic heterocycles. The maximum Gasteiger partial charge on any atom is 0.115 e. The quantitative estimate of drug-likeness (QED) is 0.814. The highest BCUT2D eigenvalue weighted by atomic mass is 16.3. The van der Waals surface area contributed by atoms with Gasteiger partial charge in [-0.25, -0.2) is 0 Å². The number of phenols is 1. The Labute approximate surface area is 108 Å². The van der Waals surface area contributed by atoms with Crippen molar-refractivity contribution in [1.29, 1.82) is 0 Å². The molecule has 0 aliphatic carbocycles. The smallest absolute Gasteiger partial charge is 0.115 e. The van der Waals surface area contributed by atoms with E-state index in [1.807, 2.05) is 12.1 Å². The third-order valence-corrected chi connectivity index (χ3v) is 3.00. The molecule has 0 amide bonds. The summed E-state index contributed by atoms with van der Waals surface area (Å²) in [6, 6.07) is 15.9. The molecule has 0 unspecified atom stereocenters. The van der Waals surface area contributed by atoms with Crippen LogP contribution in [0.3, 0.4) is 0 Å². The van der Waals surface area contributed by atoms with E-state index in [2.05, 4.69) is 45.0 Å². The fraction of sp³-hybridized carbons (Fsp3) is 0.176. The van der Waals surface area contributed by atoms with Crippen molar-refractivity contribution in [2.24, 2.45) is 0 Å². The van der Waals surface area contributed by atoms with E-state index >= 15 is 0 Å². The first kappa shape index (κ1) is 12.4. The van der Waals surface area contributed by atoms with Crippen LogP contribution in [0.1, 0.15) is 30.5 Å². The van der Waals surface area contributed by atoms with Crippen LogP contribution >= 0.6 is 0 Å². The summed E-state index contributed by atoms with van der Waals surface area (Å²) in [7, 11) is 0. The Morgan fingerprint density at radius 3 is 1.67 bits per heavy atom. The lowest BCUT2D eigenvalue weighted by molar-refractivity contribution is 0.475. The van der Waals surface area contributed by atoms with Crippen LogP contribution in [0.25, 0.3) is 5.57 Å². The largest absolute Gasteiger partial charge is 0.508 e. The first-order valence-electron chi connectivity index (χ1n) is 6.12. The van der Waals surface area contributed by atoms with E-state index in [1.54, 1.807) is 12.1 Å². The molecule has 0 bridgehead atoms. The molecule has 1 N–H and O–H groups in total. The number of hydrogen-bond acceptors (Lipinski definition) is 1. The van der Waals surface area contributed by atoms with Crippen LogP contribution in [0.4, 0.5) is 0 Å². The molecular weight excluding hydrogens is 220 g/mol. The monoisotopic (exact) mass is 238 g/mol. The molecule has 1 nitrogen and oxygen atoms in total. The van der Waals surface area contributed by atoms with Gasteiger partial charge in [-0.05, 0) is 49.6 Å². The standard InChI is InChI=1S/C17H18O/c1-12(2)17(14-6-4-13(3)5-7-14)15-8-10-16(18)11-9-15/h4-11,18H,1-3H3. The van der Waals surface area contributed by atoms with Gasteiger partial charge in [-0.1, -0.05) is 47.5 Å². The second kappa shape index (κ2) is 5.09.